The first-order valence-electron chi connectivity index (χ1n) is 6.86. The molecule has 2 N–H and O–H groups in total. The quantitative estimate of drug-likeness (QED) is 0.827. The van der Waals surface area contributed by atoms with Crippen molar-refractivity contribution in [3.63, 3.8) is 0 Å². The summed E-state index contributed by atoms with van der Waals surface area (Å²) in [6, 6.07) is 6.35. The molecule has 3 nitrogen and oxygen atoms in total. The monoisotopic (exact) mass is 245 g/mol. The van der Waals surface area contributed by atoms with Crippen LogP contribution in [0, 0.1) is 0 Å². The van der Waals surface area contributed by atoms with Gasteiger partial charge in [-0.15, -0.1) is 0 Å². The Morgan fingerprint density at radius 1 is 1.22 bits per heavy atom. The molecular weight excluding hydrogens is 222 g/mol. The maximum absolute atomic E-state index is 5.86. The van der Waals surface area contributed by atoms with E-state index in [0.29, 0.717) is 5.54 Å². The lowest BCUT2D eigenvalue weighted by Gasteiger charge is -2.49. The van der Waals surface area contributed by atoms with Gasteiger partial charge in [0.1, 0.15) is 0 Å². The van der Waals surface area contributed by atoms with Crippen LogP contribution in [0.25, 0.3) is 0 Å². The molecule has 1 aliphatic heterocycles. The topological polar surface area (TPSA) is 32.5 Å². The Balaban J connectivity index is 1.71. The summed E-state index contributed by atoms with van der Waals surface area (Å²) < 4.78 is 0. The van der Waals surface area contributed by atoms with E-state index in [4.69, 9.17) is 5.73 Å². The molecule has 0 saturated heterocycles. The highest BCUT2D eigenvalue weighted by Crippen LogP contribution is 2.38. The second kappa shape index (κ2) is 4.25. The van der Waals surface area contributed by atoms with Crippen LogP contribution in [-0.4, -0.2) is 36.0 Å². The molecule has 0 amide bonds. The highest BCUT2D eigenvalue weighted by molar-refractivity contribution is 5.46. The summed E-state index contributed by atoms with van der Waals surface area (Å²) in [5.74, 6) is 0. The molecular formula is C15H23N3. The van der Waals surface area contributed by atoms with Gasteiger partial charge >= 0.3 is 0 Å². The average Bonchev–Trinajstić information content (AvgIpc) is 2.64. The molecule has 3 heteroatoms. The average molecular weight is 245 g/mol. The minimum Gasteiger partial charge on any atom is -0.399 e. The van der Waals surface area contributed by atoms with Crippen LogP contribution in [0.1, 0.15) is 30.4 Å². The van der Waals surface area contributed by atoms with Gasteiger partial charge in [0.05, 0.1) is 0 Å². The van der Waals surface area contributed by atoms with Crippen LogP contribution in [0.4, 0.5) is 5.69 Å². The number of rotatable bonds is 3. The number of fused-ring (bicyclic) bond motifs is 1. The second-order valence-corrected chi connectivity index (χ2v) is 6.15. The molecule has 1 fully saturated rings. The zero-order valence-corrected chi connectivity index (χ0v) is 11.4. The normalized spacial score (nSPS) is 21.9. The summed E-state index contributed by atoms with van der Waals surface area (Å²) >= 11 is 0. The van der Waals surface area contributed by atoms with Crippen LogP contribution in [0.2, 0.25) is 0 Å². The first-order valence-corrected chi connectivity index (χ1v) is 6.86. The molecule has 2 aliphatic rings. The van der Waals surface area contributed by atoms with E-state index in [0.717, 1.165) is 18.8 Å². The highest BCUT2D eigenvalue weighted by atomic mass is 15.2. The maximum Gasteiger partial charge on any atom is 0.0330 e. The summed E-state index contributed by atoms with van der Waals surface area (Å²) in [6.45, 7) is 3.34. The van der Waals surface area contributed by atoms with E-state index in [1.165, 1.54) is 36.9 Å². The third-order valence-corrected chi connectivity index (χ3v) is 4.77. The molecule has 0 aromatic heterocycles. The zero-order valence-electron chi connectivity index (χ0n) is 11.4. The van der Waals surface area contributed by atoms with Crippen molar-refractivity contribution in [2.45, 2.75) is 37.9 Å². The van der Waals surface area contributed by atoms with Gasteiger partial charge in [0.2, 0.25) is 0 Å². The summed E-state index contributed by atoms with van der Waals surface area (Å²) in [6.07, 6.45) is 4.07. The largest absolute Gasteiger partial charge is 0.399 e. The fraction of sp³-hybridized carbons (Fsp3) is 0.600. The number of anilines is 1. The SMILES string of the molecule is CN(C)C1(CN2Cc3ccc(N)cc3C2)CCC1. The fourth-order valence-electron chi connectivity index (χ4n) is 3.34. The second-order valence-electron chi connectivity index (χ2n) is 6.15. The van der Waals surface area contributed by atoms with Gasteiger partial charge in [-0.05, 0) is 56.6 Å². The van der Waals surface area contributed by atoms with Gasteiger partial charge in [0.25, 0.3) is 0 Å². The van der Waals surface area contributed by atoms with E-state index < -0.39 is 0 Å². The minimum absolute atomic E-state index is 0.424. The molecule has 1 aliphatic carbocycles. The molecule has 18 heavy (non-hydrogen) atoms. The Hall–Kier alpha value is -1.06. The van der Waals surface area contributed by atoms with Crippen LogP contribution < -0.4 is 5.73 Å². The Morgan fingerprint density at radius 3 is 2.56 bits per heavy atom. The molecule has 0 atom stereocenters. The van der Waals surface area contributed by atoms with Crippen LogP contribution in [0.3, 0.4) is 0 Å². The Morgan fingerprint density at radius 2 is 1.94 bits per heavy atom. The van der Waals surface area contributed by atoms with Crippen molar-refractivity contribution in [1.29, 1.82) is 0 Å². The lowest BCUT2D eigenvalue weighted by Crippen LogP contribution is -2.56. The van der Waals surface area contributed by atoms with Gasteiger partial charge in [-0.2, -0.15) is 0 Å². The number of benzene rings is 1. The molecule has 0 unspecified atom stereocenters. The van der Waals surface area contributed by atoms with Gasteiger partial charge in [-0.25, -0.2) is 0 Å². The van der Waals surface area contributed by atoms with Gasteiger partial charge in [-0.1, -0.05) is 6.07 Å². The van der Waals surface area contributed by atoms with Gasteiger partial charge < -0.3 is 10.6 Å². The van der Waals surface area contributed by atoms with Crippen molar-refractivity contribution in [2.75, 3.05) is 26.4 Å². The van der Waals surface area contributed by atoms with Gasteiger partial charge in [-0.3, -0.25) is 4.90 Å². The molecule has 98 valence electrons. The summed E-state index contributed by atoms with van der Waals surface area (Å²) in [5.41, 5.74) is 10.1. The Labute approximate surface area is 110 Å². The number of hydrogen-bond acceptors (Lipinski definition) is 3. The molecule has 1 saturated carbocycles. The molecule has 1 aromatic carbocycles. The number of nitrogens with zero attached hydrogens (tertiary/aromatic N) is 2. The van der Waals surface area contributed by atoms with Crippen LogP contribution in [0.15, 0.2) is 18.2 Å². The van der Waals surface area contributed by atoms with Crippen LogP contribution in [-0.2, 0) is 13.1 Å². The minimum atomic E-state index is 0.424. The van der Waals surface area contributed by atoms with Gasteiger partial charge in [0.15, 0.2) is 0 Å². The van der Waals surface area contributed by atoms with E-state index >= 15 is 0 Å². The summed E-state index contributed by atoms with van der Waals surface area (Å²) in [7, 11) is 4.45. The Kier molecular flexibility index (Phi) is 2.83. The smallest absolute Gasteiger partial charge is 0.0330 e. The lowest BCUT2D eigenvalue weighted by atomic mass is 9.75. The molecule has 0 spiro atoms. The molecule has 3 rings (SSSR count). The van der Waals surface area contributed by atoms with Crippen molar-refractivity contribution < 1.29 is 0 Å². The van der Waals surface area contributed by atoms with Crippen molar-refractivity contribution in [3.05, 3.63) is 29.3 Å². The standard InChI is InChI=1S/C15H23N3/c1-17(2)15(6-3-7-15)11-18-9-12-4-5-14(16)8-13(12)10-18/h4-5,8H,3,6-7,9-11,16H2,1-2H3. The third-order valence-electron chi connectivity index (χ3n) is 4.77. The lowest BCUT2D eigenvalue weighted by molar-refractivity contribution is 0.0192. The first-order chi connectivity index (χ1) is 8.59. The van der Waals surface area contributed by atoms with Crippen molar-refractivity contribution in [1.82, 2.24) is 9.80 Å². The van der Waals surface area contributed by atoms with E-state index in [2.05, 4.69) is 36.0 Å². The Bertz CT molecular complexity index is 449. The number of nitrogen functional groups attached to an aromatic ring is 1. The van der Waals surface area contributed by atoms with Crippen LogP contribution in [0.5, 0.6) is 0 Å². The summed E-state index contributed by atoms with van der Waals surface area (Å²) in [4.78, 5) is 5.00. The number of likely N-dealkylation sites (N-methyl/N-ethyl adjacent to an activating group) is 1. The number of nitrogens with two attached hydrogens (primary N) is 1. The van der Waals surface area contributed by atoms with E-state index in [1.54, 1.807) is 0 Å². The molecule has 1 aromatic rings. The van der Waals surface area contributed by atoms with Gasteiger partial charge in [0, 0.05) is 30.9 Å². The van der Waals surface area contributed by atoms with E-state index in [9.17, 15) is 0 Å². The summed E-state index contributed by atoms with van der Waals surface area (Å²) in [5, 5.41) is 0. The van der Waals surface area contributed by atoms with Crippen LogP contribution >= 0.6 is 0 Å². The third kappa shape index (κ3) is 1.91. The van der Waals surface area contributed by atoms with E-state index in [-0.39, 0.29) is 0 Å². The molecule has 1 heterocycles. The van der Waals surface area contributed by atoms with Crippen molar-refractivity contribution in [3.8, 4) is 0 Å². The van der Waals surface area contributed by atoms with E-state index in [1.807, 2.05) is 6.07 Å². The highest BCUT2D eigenvalue weighted by Gasteiger charge is 2.41. The fourth-order valence-corrected chi connectivity index (χ4v) is 3.34. The predicted octanol–water partition coefficient (Wildman–Crippen LogP) is 2.07. The van der Waals surface area contributed by atoms with Crippen molar-refractivity contribution >= 4 is 5.69 Å². The van der Waals surface area contributed by atoms with Crippen molar-refractivity contribution in [2.24, 2.45) is 0 Å². The number of hydrogen-bond donors (Lipinski definition) is 1. The molecule has 0 bridgehead atoms. The first kappa shape index (κ1) is 12.0. The maximum atomic E-state index is 5.86. The molecule has 0 radical (unpaired) electrons. The zero-order chi connectivity index (χ0) is 12.8. The predicted molar refractivity (Wildman–Crippen MR) is 75.2 cm³/mol.